The van der Waals surface area contributed by atoms with E-state index in [2.05, 4.69) is 35.5 Å². The van der Waals surface area contributed by atoms with Crippen molar-refractivity contribution in [1.82, 2.24) is 14.5 Å². The third-order valence-electron chi connectivity index (χ3n) is 5.24. The summed E-state index contributed by atoms with van der Waals surface area (Å²) in [7, 11) is -1.29. The number of nitrogen functional groups attached to an aromatic ring is 1. The molecular weight excluding hydrogens is 454 g/mol. The summed E-state index contributed by atoms with van der Waals surface area (Å²) in [5.74, 6) is 2.07. The molecule has 0 aliphatic carbocycles. The Bertz CT molecular complexity index is 1240. The maximum atomic E-state index is 12.5. The highest BCUT2D eigenvalue weighted by atomic mass is 35.5. The molecule has 2 heterocycles. The molecule has 1 aromatic carbocycles. The van der Waals surface area contributed by atoms with E-state index in [0.717, 1.165) is 17.2 Å². The molecule has 0 spiro atoms. The number of terminal acetylenes is 1. The predicted molar refractivity (Wildman–Crippen MR) is 136 cm³/mol. The number of carbonyl (C=O) groups is 1. The molecule has 0 atom stereocenters. The van der Waals surface area contributed by atoms with Crippen LogP contribution in [0, 0.1) is 19.3 Å². The zero-order valence-electron chi connectivity index (χ0n) is 19.3. The lowest BCUT2D eigenvalue weighted by Crippen LogP contribution is -2.22. The van der Waals surface area contributed by atoms with Gasteiger partial charge in [-0.1, -0.05) is 43.2 Å². The number of rotatable bonds is 8. The van der Waals surface area contributed by atoms with Gasteiger partial charge in [-0.05, 0) is 36.7 Å². The number of hydrogen-bond donors (Lipinski definition) is 2. The molecule has 7 nitrogen and oxygen atoms in total. The number of benzene rings is 1. The predicted octanol–water partition coefficient (Wildman–Crippen LogP) is 4.55. The van der Waals surface area contributed by atoms with E-state index in [4.69, 9.17) is 34.2 Å². The van der Waals surface area contributed by atoms with Gasteiger partial charge in [-0.25, -0.2) is 9.97 Å². The van der Waals surface area contributed by atoms with E-state index in [1.807, 2.05) is 17.6 Å². The molecule has 0 bridgehead atoms. The Morgan fingerprint density at radius 1 is 1.30 bits per heavy atom. The van der Waals surface area contributed by atoms with Crippen molar-refractivity contribution in [2.45, 2.75) is 39.3 Å². The molecule has 9 heteroatoms. The molecule has 172 valence electrons. The number of aryl methyl sites for hydroxylation is 1. The first-order chi connectivity index (χ1) is 15.5. The van der Waals surface area contributed by atoms with Crippen LogP contribution >= 0.6 is 11.6 Å². The number of ether oxygens (including phenoxy) is 1. The van der Waals surface area contributed by atoms with Gasteiger partial charge in [0.2, 0.25) is 5.95 Å². The van der Waals surface area contributed by atoms with Gasteiger partial charge < -0.3 is 20.8 Å². The Kier molecular flexibility index (Phi) is 7.27. The number of amides is 1. The molecule has 0 aliphatic rings. The van der Waals surface area contributed by atoms with Crippen LogP contribution in [0.4, 0.5) is 5.95 Å². The summed E-state index contributed by atoms with van der Waals surface area (Å²) in [5.41, 5.74) is 15.7. The number of nitrogens with zero attached hydrogens (tertiary/aromatic N) is 3. The lowest BCUT2D eigenvalue weighted by Gasteiger charge is -2.19. The number of halogens is 1. The zero-order chi connectivity index (χ0) is 24.3. The minimum atomic E-state index is -1.29. The number of carbonyl (C=O) groups excluding carboxylic acids is 1. The second-order valence-electron chi connectivity index (χ2n) is 9.03. The van der Waals surface area contributed by atoms with Gasteiger partial charge in [0.15, 0.2) is 0 Å². The fourth-order valence-electron chi connectivity index (χ4n) is 3.44. The van der Waals surface area contributed by atoms with Crippen LogP contribution in [0.25, 0.3) is 22.6 Å². The Hall–Kier alpha value is -3.12. The van der Waals surface area contributed by atoms with Crippen LogP contribution in [-0.2, 0) is 11.5 Å². The normalized spacial score (nSPS) is 11.4. The molecular formula is C24H28ClN5O2Si. The van der Waals surface area contributed by atoms with E-state index in [1.54, 1.807) is 18.2 Å². The van der Waals surface area contributed by atoms with Crippen molar-refractivity contribution in [2.24, 2.45) is 5.73 Å². The van der Waals surface area contributed by atoms with Gasteiger partial charge >= 0.3 is 0 Å². The average Bonchev–Trinajstić information content (AvgIpc) is 3.11. The first-order valence-corrected chi connectivity index (χ1v) is 14.6. The summed E-state index contributed by atoms with van der Waals surface area (Å²) in [4.78, 5) is 20.9. The maximum Gasteiger partial charge on any atom is 0.250 e. The summed E-state index contributed by atoms with van der Waals surface area (Å²) in [6.07, 6.45) is 7.18. The topological polar surface area (TPSA) is 109 Å². The Morgan fingerprint density at radius 3 is 2.67 bits per heavy atom. The molecule has 33 heavy (non-hydrogen) atoms. The third kappa shape index (κ3) is 5.63. The summed E-state index contributed by atoms with van der Waals surface area (Å²) in [6.45, 7) is 9.54. The molecule has 0 fully saturated rings. The van der Waals surface area contributed by atoms with Gasteiger partial charge in [-0.15, -0.1) is 6.42 Å². The fourth-order valence-corrected chi connectivity index (χ4v) is 4.37. The second-order valence-corrected chi connectivity index (χ2v) is 15.1. The van der Waals surface area contributed by atoms with E-state index < -0.39 is 14.0 Å². The molecule has 0 aliphatic heterocycles. The molecule has 1 amide bonds. The van der Waals surface area contributed by atoms with E-state index in [-0.39, 0.29) is 12.7 Å². The standard InChI is InChI=1S/C24H28ClN5O2Si/c1-6-16-13-28-24(27)29-21(16)20-12-19(23(26)31)22(18-11-17(25)8-7-15(18)2)30(20)14-32-9-10-33(3,4)5/h1,7-8,11-13H,9-10,14H2,2-5H3,(H2,26,31)(H2,27,28,29). The minimum absolute atomic E-state index is 0.0671. The van der Waals surface area contributed by atoms with Gasteiger partial charge in [0.05, 0.1) is 22.5 Å². The van der Waals surface area contributed by atoms with Crippen molar-refractivity contribution in [3.8, 4) is 35.0 Å². The summed E-state index contributed by atoms with van der Waals surface area (Å²) in [6, 6.07) is 8.15. The molecule has 4 N–H and O–H groups in total. The highest BCUT2D eigenvalue weighted by Gasteiger charge is 2.25. The maximum absolute atomic E-state index is 12.5. The lowest BCUT2D eigenvalue weighted by molar-refractivity contribution is 0.0893. The summed E-state index contributed by atoms with van der Waals surface area (Å²) < 4.78 is 7.93. The van der Waals surface area contributed by atoms with Crippen LogP contribution in [0.2, 0.25) is 30.7 Å². The van der Waals surface area contributed by atoms with Crippen LogP contribution < -0.4 is 11.5 Å². The van der Waals surface area contributed by atoms with E-state index in [0.29, 0.717) is 39.8 Å². The number of aromatic nitrogens is 3. The van der Waals surface area contributed by atoms with Gasteiger partial charge in [0.1, 0.15) is 12.4 Å². The Labute approximate surface area is 200 Å². The van der Waals surface area contributed by atoms with Crippen molar-refractivity contribution in [3.63, 3.8) is 0 Å². The number of primary amides is 1. The minimum Gasteiger partial charge on any atom is -0.368 e. The molecule has 0 saturated carbocycles. The number of nitrogens with two attached hydrogens (primary N) is 2. The Balaban J connectivity index is 2.25. The van der Waals surface area contributed by atoms with Crippen molar-refractivity contribution >= 4 is 31.5 Å². The third-order valence-corrected chi connectivity index (χ3v) is 7.18. The first kappa shape index (κ1) is 24.5. The highest BCUT2D eigenvalue weighted by Crippen LogP contribution is 2.36. The number of hydrogen-bond acceptors (Lipinski definition) is 5. The molecule has 0 unspecified atom stereocenters. The second kappa shape index (κ2) is 9.79. The van der Waals surface area contributed by atoms with Crippen molar-refractivity contribution < 1.29 is 9.53 Å². The van der Waals surface area contributed by atoms with Gasteiger partial charge in [0.25, 0.3) is 5.91 Å². The highest BCUT2D eigenvalue weighted by molar-refractivity contribution is 6.76. The molecule has 3 rings (SSSR count). The summed E-state index contributed by atoms with van der Waals surface area (Å²) >= 11 is 6.30. The monoisotopic (exact) mass is 481 g/mol. The SMILES string of the molecule is C#Cc1cnc(N)nc1-c1cc(C(N)=O)c(-c2cc(Cl)ccc2C)n1COCC[Si](C)(C)C. The fraction of sp³-hybridized carbons (Fsp3) is 0.292. The Morgan fingerprint density at radius 2 is 2.03 bits per heavy atom. The zero-order valence-corrected chi connectivity index (χ0v) is 21.0. The first-order valence-electron chi connectivity index (χ1n) is 10.5. The number of anilines is 1. The van der Waals surface area contributed by atoms with Crippen LogP contribution in [0.5, 0.6) is 0 Å². The quantitative estimate of drug-likeness (QED) is 0.278. The lowest BCUT2D eigenvalue weighted by atomic mass is 10.0. The smallest absolute Gasteiger partial charge is 0.250 e. The van der Waals surface area contributed by atoms with E-state index in [1.165, 1.54) is 6.20 Å². The largest absolute Gasteiger partial charge is 0.368 e. The molecule has 0 saturated heterocycles. The average molecular weight is 482 g/mol. The van der Waals surface area contributed by atoms with Crippen LogP contribution in [-0.4, -0.2) is 35.1 Å². The van der Waals surface area contributed by atoms with E-state index >= 15 is 0 Å². The van der Waals surface area contributed by atoms with Crippen molar-refractivity contribution in [2.75, 3.05) is 12.3 Å². The van der Waals surface area contributed by atoms with Gasteiger partial charge in [-0.3, -0.25) is 4.79 Å². The van der Waals surface area contributed by atoms with Crippen LogP contribution in [0.3, 0.4) is 0 Å². The molecule has 0 radical (unpaired) electrons. The molecule has 3 aromatic rings. The van der Waals surface area contributed by atoms with Gasteiger partial charge in [-0.2, -0.15) is 0 Å². The molecule has 2 aromatic heterocycles. The van der Waals surface area contributed by atoms with Crippen LogP contribution in [0.15, 0.2) is 30.5 Å². The summed E-state index contributed by atoms with van der Waals surface area (Å²) in [5, 5.41) is 0.538. The van der Waals surface area contributed by atoms with Crippen molar-refractivity contribution in [1.29, 1.82) is 0 Å². The van der Waals surface area contributed by atoms with E-state index in [9.17, 15) is 4.79 Å². The van der Waals surface area contributed by atoms with Crippen molar-refractivity contribution in [3.05, 3.63) is 52.2 Å². The van der Waals surface area contributed by atoms with Gasteiger partial charge in [0, 0.05) is 31.5 Å². The van der Waals surface area contributed by atoms with Crippen LogP contribution in [0.1, 0.15) is 21.5 Å².